The van der Waals surface area contributed by atoms with Gasteiger partial charge in [-0.25, -0.2) is 0 Å². The lowest BCUT2D eigenvalue weighted by Crippen LogP contribution is -2.30. The van der Waals surface area contributed by atoms with E-state index in [0.29, 0.717) is 13.1 Å². The van der Waals surface area contributed by atoms with Gasteiger partial charge in [0.1, 0.15) is 5.69 Å². The molecule has 2 heterocycles. The highest BCUT2D eigenvalue weighted by molar-refractivity contribution is 5.93. The monoisotopic (exact) mass is 271 g/mol. The molecule has 1 aliphatic carbocycles. The molecule has 2 unspecified atom stereocenters. The highest BCUT2D eigenvalue weighted by Crippen LogP contribution is 2.44. The topological polar surface area (TPSA) is 54.0 Å². The van der Waals surface area contributed by atoms with Crippen LogP contribution in [0.1, 0.15) is 28.0 Å². The van der Waals surface area contributed by atoms with Crippen molar-refractivity contribution < 1.29 is 18.0 Å². The first-order chi connectivity index (χ1) is 8.95. The van der Waals surface area contributed by atoms with Crippen molar-refractivity contribution in [1.82, 2.24) is 15.6 Å². The number of amides is 1. The van der Waals surface area contributed by atoms with Gasteiger partial charge in [0.2, 0.25) is 0 Å². The minimum Gasteiger partial charge on any atom is -0.347 e. The molecule has 1 fully saturated rings. The molecule has 1 aromatic rings. The van der Waals surface area contributed by atoms with Crippen molar-refractivity contribution >= 4 is 5.91 Å². The van der Waals surface area contributed by atoms with Gasteiger partial charge in [-0.05, 0) is 23.6 Å². The largest absolute Gasteiger partial charge is 0.393 e. The smallest absolute Gasteiger partial charge is 0.347 e. The molecule has 19 heavy (non-hydrogen) atoms. The van der Waals surface area contributed by atoms with E-state index in [2.05, 4.69) is 15.6 Å². The predicted octanol–water partition coefficient (Wildman–Crippen LogP) is 1.37. The highest BCUT2D eigenvalue weighted by Gasteiger charge is 2.56. The Kier molecular flexibility index (Phi) is 2.74. The summed E-state index contributed by atoms with van der Waals surface area (Å²) in [6, 6.07) is 0.830. The molecule has 1 saturated carbocycles. The summed E-state index contributed by atoms with van der Waals surface area (Å²) < 4.78 is 37.0. The van der Waals surface area contributed by atoms with Crippen LogP contribution in [0, 0.1) is 5.92 Å². The van der Waals surface area contributed by atoms with E-state index in [-0.39, 0.29) is 12.1 Å². The average molecular weight is 271 g/mol. The van der Waals surface area contributed by atoms with Gasteiger partial charge < -0.3 is 10.6 Å². The van der Waals surface area contributed by atoms with Crippen LogP contribution in [0.4, 0.5) is 13.2 Å². The zero-order valence-electron chi connectivity index (χ0n) is 9.92. The maximum Gasteiger partial charge on any atom is 0.393 e. The summed E-state index contributed by atoms with van der Waals surface area (Å²) in [4.78, 5) is 15.8. The minimum atomic E-state index is -4.23. The van der Waals surface area contributed by atoms with Crippen LogP contribution in [0.15, 0.2) is 12.3 Å². The summed E-state index contributed by atoms with van der Waals surface area (Å²) in [6.07, 6.45) is -2.67. The van der Waals surface area contributed by atoms with Gasteiger partial charge in [-0.3, -0.25) is 9.78 Å². The van der Waals surface area contributed by atoms with Gasteiger partial charge in [0, 0.05) is 25.3 Å². The Morgan fingerprint density at radius 1 is 1.37 bits per heavy atom. The summed E-state index contributed by atoms with van der Waals surface area (Å²) in [5.74, 6) is -1.95. The molecular weight excluding hydrogens is 259 g/mol. The number of nitrogens with zero attached hydrogens (tertiary/aromatic N) is 1. The van der Waals surface area contributed by atoms with Crippen molar-refractivity contribution in [3.05, 3.63) is 29.1 Å². The fraction of sp³-hybridized carbons (Fsp3) is 0.500. The summed E-state index contributed by atoms with van der Waals surface area (Å²) in [5.41, 5.74) is 2.18. The van der Waals surface area contributed by atoms with Crippen molar-refractivity contribution in [3.8, 4) is 0 Å². The second-order valence-corrected chi connectivity index (χ2v) is 4.91. The molecule has 0 bridgehead atoms. The van der Waals surface area contributed by atoms with Gasteiger partial charge in [-0.15, -0.1) is 0 Å². The van der Waals surface area contributed by atoms with Gasteiger partial charge in [-0.1, -0.05) is 0 Å². The Morgan fingerprint density at radius 3 is 2.79 bits per heavy atom. The van der Waals surface area contributed by atoms with Crippen LogP contribution in [0.5, 0.6) is 0 Å². The Hall–Kier alpha value is -1.63. The van der Waals surface area contributed by atoms with Crippen molar-refractivity contribution in [2.24, 2.45) is 5.92 Å². The molecule has 7 heteroatoms. The summed E-state index contributed by atoms with van der Waals surface area (Å²) in [5, 5.41) is 5.49. The Morgan fingerprint density at radius 2 is 2.11 bits per heavy atom. The van der Waals surface area contributed by atoms with Crippen molar-refractivity contribution in [1.29, 1.82) is 0 Å². The summed E-state index contributed by atoms with van der Waals surface area (Å²) in [6.45, 7) is 1.37. The molecule has 0 spiro atoms. The van der Waals surface area contributed by atoms with Crippen molar-refractivity contribution in [3.63, 3.8) is 0 Å². The van der Waals surface area contributed by atoms with E-state index in [1.54, 1.807) is 12.3 Å². The standard InChI is InChI=1S/C12H12F3N3O/c13-12(14,15)8-2-9(8)18-11(19)10-1-6-3-16-4-7(6)5-17-10/h1,5,8-9,16H,2-4H2,(H,18,19). The third-order valence-electron chi connectivity index (χ3n) is 3.47. The number of alkyl halides is 3. The number of nitrogens with one attached hydrogen (secondary N) is 2. The van der Waals surface area contributed by atoms with E-state index in [4.69, 9.17) is 0 Å². The van der Waals surface area contributed by atoms with Crippen LogP contribution in [0.25, 0.3) is 0 Å². The SMILES string of the molecule is O=C(NC1CC1C(F)(F)F)c1cc2c(cn1)CNC2. The molecule has 2 N–H and O–H groups in total. The van der Waals surface area contributed by atoms with Gasteiger partial charge in [0.15, 0.2) is 0 Å². The van der Waals surface area contributed by atoms with E-state index in [0.717, 1.165) is 11.1 Å². The van der Waals surface area contributed by atoms with E-state index in [9.17, 15) is 18.0 Å². The Labute approximate surface area is 107 Å². The molecular formula is C12H12F3N3O. The zero-order valence-corrected chi connectivity index (χ0v) is 9.92. The first kappa shape index (κ1) is 12.4. The second-order valence-electron chi connectivity index (χ2n) is 4.91. The lowest BCUT2D eigenvalue weighted by Gasteiger charge is -2.07. The van der Waals surface area contributed by atoms with Crippen LogP contribution in [-0.4, -0.2) is 23.1 Å². The van der Waals surface area contributed by atoms with Crippen LogP contribution < -0.4 is 10.6 Å². The number of hydrogen-bond acceptors (Lipinski definition) is 3. The Balaban J connectivity index is 1.66. The third-order valence-corrected chi connectivity index (χ3v) is 3.47. The normalized spacial score (nSPS) is 25.0. The first-order valence-corrected chi connectivity index (χ1v) is 6.01. The number of pyridine rings is 1. The molecule has 2 atom stereocenters. The van der Waals surface area contributed by atoms with Crippen LogP contribution in [0.3, 0.4) is 0 Å². The van der Waals surface area contributed by atoms with Crippen molar-refractivity contribution in [2.45, 2.75) is 31.7 Å². The predicted molar refractivity (Wildman–Crippen MR) is 60.2 cm³/mol. The summed E-state index contributed by atoms with van der Waals surface area (Å²) >= 11 is 0. The third kappa shape index (κ3) is 2.42. The molecule has 0 radical (unpaired) electrons. The minimum absolute atomic E-state index is 0.0399. The van der Waals surface area contributed by atoms with E-state index in [1.165, 1.54) is 0 Å². The van der Waals surface area contributed by atoms with E-state index >= 15 is 0 Å². The van der Waals surface area contributed by atoms with Gasteiger partial charge >= 0.3 is 6.18 Å². The van der Waals surface area contributed by atoms with Gasteiger partial charge in [-0.2, -0.15) is 13.2 Å². The Bertz CT molecular complexity index is 529. The van der Waals surface area contributed by atoms with E-state index < -0.39 is 24.0 Å². The van der Waals surface area contributed by atoms with Crippen molar-refractivity contribution in [2.75, 3.05) is 0 Å². The van der Waals surface area contributed by atoms with Gasteiger partial charge in [0.25, 0.3) is 5.91 Å². The molecule has 0 saturated heterocycles. The maximum absolute atomic E-state index is 12.3. The molecule has 102 valence electrons. The molecule has 2 aliphatic rings. The summed E-state index contributed by atoms with van der Waals surface area (Å²) in [7, 11) is 0. The quantitative estimate of drug-likeness (QED) is 0.854. The van der Waals surface area contributed by atoms with E-state index in [1.807, 2.05) is 0 Å². The number of aromatic nitrogens is 1. The number of fused-ring (bicyclic) bond motifs is 1. The second kappa shape index (κ2) is 4.19. The van der Waals surface area contributed by atoms with Crippen LogP contribution in [0.2, 0.25) is 0 Å². The highest BCUT2D eigenvalue weighted by atomic mass is 19.4. The average Bonchev–Trinajstić information content (AvgIpc) is 2.97. The van der Waals surface area contributed by atoms with Gasteiger partial charge in [0.05, 0.1) is 5.92 Å². The zero-order chi connectivity index (χ0) is 13.6. The number of carbonyl (C=O) groups excluding carboxylic acids is 1. The lowest BCUT2D eigenvalue weighted by atomic mass is 10.1. The molecule has 1 aliphatic heterocycles. The number of hydrogen-bond donors (Lipinski definition) is 2. The molecule has 4 nitrogen and oxygen atoms in total. The number of halogens is 3. The fourth-order valence-electron chi connectivity index (χ4n) is 2.26. The maximum atomic E-state index is 12.3. The molecule has 0 aromatic carbocycles. The van der Waals surface area contributed by atoms with Crippen LogP contribution >= 0.6 is 0 Å². The number of carbonyl (C=O) groups is 1. The molecule has 3 rings (SSSR count). The molecule has 1 amide bonds. The lowest BCUT2D eigenvalue weighted by molar-refractivity contribution is -0.148. The first-order valence-electron chi connectivity index (χ1n) is 6.01. The fourth-order valence-corrected chi connectivity index (χ4v) is 2.26. The number of rotatable bonds is 2. The van der Waals surface area contributed by atoms with Crippen LogP contribution in [-0.2, 0) is 13.1 Å². The molecule has 1 aromatic heterocycles.